The molecule has 1 aromatic carbocycles. The average molecular weight is 275 g/mol. The van der Waals surface area contributed by atoms with E-state index >= 15 is 0 Å². The van der Waals surface area contributed by atoms with E-state index in [0.29, 0.717) is 0 Å². The number of hydrogen-bond donors (Lipinski definition) is 1. The van der Waals surface area contributed by atoms with Gasteiger partial charge in [0.1, 0.15) is 12.0 Å². The number of nitrogens with zero attached hydrogens (tertiary/aromatic N) is 2. The Labute approximate surface area is 123 Å². The Morgan fingerprint density at radius 2 is 1.90 bits per heavy atom. The molecule has 104 valence electrons. The highest BCUT2D eigenvalue weighted by Crippen LogP contribution is 2.35. The standard InChI is InChI=1S/C18H17N3/c1-3-7-13(8-4-1)15-11-19-18-16(15)17(20-12-21-18)14-9-5-2-6-10-14/h1,3-4,7-9,11-12H,2,5-6,10H2,(H,19,20,21). The van der Waals surface area contributed by atoms with Gasteiger partial charge < -0.3 is 4.98 Å². The molecule has 0 bridgehead atoms. The fourth-order valence-electron chi connectivity index (χ4n) is 3.10. The molecule has 0 unspecified atom stereocenters. The molecule has 4 rings (SSSR count). The number of fused-ring (bicyclic) bond motifs is 1. The maximum Gasteiger partial charge on any atom is 0.141 e. The summed E-state index contributed by atoms with van der Waals surface area (Å²) in [6, 6.07) is 10.4. The van der Waals surface area contributed by atoms with Crippen molar-refractivity contribution in [1.82, 2.24) is 15.0 Å². The summed E-state index contributed by atoms with van der Waals surface area (Å²) in [6.07, 6.45) is 10.9. The number of nitrogens with one attached hydrogen (secondary N) is 1. The van der Waals surface area contributed by atoms with Crippen LogP contribution in [0.25, 0.3) is 27.7 Å². The zero-order valence-corrected chi connectivity index (χ0v) is 11.8. The predicted molar refractivity (Wildman–Crippen MR) is 85.8 cm³/mol. The SMILES string of the molecule is C1=C(c2ncnc3[nH]cc(-c4ccccc4)c23)CCCC1. The van der Waals surface area contributed by atoms with Crippen molar-refractivity contribution in [3.63, 3.8) is 0 Å². The summed E-state index contributed by atoms with van der Waals surface area (Å²) in [5.74, 6) is 0. The van der Waals surface area contributed by atoms with Gasteiger partial charge in [-0.15, -0.1) is 0 Å². The summed E-state index contributed by atoms with van der Waals surface area (Å²) in [5, 5.41) is 1.15. The molecule has 1 N–H and O–H groups in total. The molecule has 0 amide bonds. The normalized spacial score (nSPS) is 15.1. The molecule has 0 radical (unpaired) electrons. The largest absolute Gasteiger partial charge is 0.345 e. The van der Waals surface area contributed by atoms with Crippen LogP contribution in [-0.4, -0.2) is 15.0 Å². The summed E-state index contributed by atoms with van der Waals surface area (Å²) in [7, 11) is 0. The molecule has 3 heteroatoms. The van der Waals surface area contributed by atoms with Gasteiger partial charge in [-0.1, -0.05) is 36.4 Å². The van der Waals surface area contributed by atoms with Crippen LogP contribution in [-0.2, 0) is 0 Å². The minimum atomic E-state index is 0.922. The smallest absolute Gasteiger partial charge is 0.141 e. The third-order valence-electron chi connectivity index (χ3n) is 4.15. The van der Waals surface area contributed by atoms with Gasteiger partial charge >= 0.3 is 0 Å². The molecule has 2 aromatic heterocycles. The molecule has 0 aliphatic heterocycles. The van der Waals surface area contributed by atoms with Crippen molar-refractivity contribution in [2.24, 2.45) is 0 Å². The highest BCUT2D eigenvalue weighted by molar-refractivity contribution is 6.00. The van der Waals surface area contributed by atoms with E-state index in [4.69, 9.17) is 0 Å². The van der Waals surface area contributed by atoms with E-state index in [1.165, 1.54) is 29.5 Å². The molecule has 2 heterocycles. The van der Waals surface area contributed by atoms with Gasteiger partial charge in [0.05, 0.1) is 11.1 Å². The number of benzene rings is 1. The van der Waals surface area contributed by atoms with E-state index < -0.39 is 0 Å². The molecule has 1 aliphatic rings. The quantitative estimate of drug-likeness (QED) is 0.743. The topological polar surface area (TPSA) is 41.6 Å². The van der Waals surface area contributed by atoms with E-state index in [1.54, 1.807) is 6.33 Å². The zero-order valence-electron chi connectivity index (χ0n) is 11.8. The van der Waals surface area contributed by atoms with Crippen LogP contribution in [0.1, 0.15) is 31.4 Å². The third kappa shape index (κ3) is 2.15. The number of aromatic nitrogens is 3. The molecular weight excluding hydrogens is 258 g/mol. The molecule has 1 aliphatic carbocycles. The van der Waals surface area contributed by atoms with Gasteiger partial charge in [0.2, 0.25) is 0 Å². The number of aromatic amines is 1. The van der Waals surface area contributed by atoms with Crippen molar-refractivity contribution >= 4 is 16.6 Å². The van der Waals surface area contributed by atoms with Gasteiger partial charge in [0.15, 0.2) is 0 Å². The second kappa shape index (κ2) is 5.17. The Hall–Kier alpha value is -2.42. The summed E-state index contributed by atoms with van der Waals surface area (Å²) < 4.78 is 0. The van der Waals surface area contributed by atoms with Gasteiger partial charge in [-0.05, 0) is 36.8 Å². The maximum atomic E-state index is 4.59. The van der Waals surface area contributed by atoms with E-state index in [2.05, 4.69) is 45.3 Å². The monoisotopic (exact) mass is 275 g/mol. The molecule has 0 saturated carbocycles. The van der Waals surface area contributed by atoms with Gasteiger partial charge in [0, 0.05) is 11.8 Å². The summed E-state index contributed by atoms with van der Waals surface area (Å²) in [6.45, 7) is 0. The lowest BCUT2D eigenvalue weighted by Crippen LogP contribution is -1.97. The minimum absolute atomic E-state index is 0.922. The lowest BCUT2D eigenvalue weighted by Gasteiger charge is -2.13. The molecule has 0 fully saturated rings. The first-order valence-electron chi connectivity index (χ1n) is 7.50. The maximum absolute atomic E-state index is 4.59. The van der Waals surface area contributed by atoms with E-state index in [-0.39, 0.29) is 0 Å². The molecule has 0 spiro atoms. The highest BCUT2D eigenvalue weighted by atomic mass is 14.9. The number of allylic oxidation sites excluding steroid dienone is 2. The number of rotatable bonds is 2. The van der Waals surface area contributed by atoms with Crippen molar-refractivity contribution in [3.05, 3.63) is 54.6 Å². The van der Waals surface area contributed by atoms with Crippen LogP contribution in [0.3, 0.4) is 0 Å². The molecular formula is C18H17N3. The Bertz CT molecular complexity index is 800. The summed E-state index contributed by atoms with van der Waals surface area (Å²) in [4.78, 5) is 12.3. The van der Waals surface area contributed by atoms with E-state index in [9.17, 15) is 0 Å². The predicted octanol–water partition coefficient (Wildman–Crippen LogP) is 4.58. The lowest BCUT2D eigenvalue weighted by atomic mass is 9.94. The first-order chi connectivity index (χ1) is 10.4. The first kappa shape index (κ1) is 12.3. The van der Waals surface area contributed by atoms with Crippen molar-refractivity contribution in [1.29, 1.82) is 0 Å². The van der Waals surface area contributed by atoms with Gasteiger partial charge in [0.25, 0.3) is 0 Å². The number of H-pyrrole nitrogens is 1. The Morgan fingerprint density at radius 3 is 2.71 bits per heavy atom. The van der Waals surface area contributed by atoms with Crippen molar-refractivity contribution in [3.8, 4) is 11.1 Å². The minimum Gasteiger partial charge on any atom is -0.345 e. The average Bonchev–Trinajstić information content (AvgIpc) is 3.00. The van der Waals surface area contributed by atoms with E-state index in [0.717, 1.165) is 29.6 Å². The van der Waals surface area contributed by atoms with Crippen LogP contribution in [0, 0.1) is 0 Å². The Morgan fingerprint density at radius 1 is 1.00 bits per heavy atom. The fourth-order valence-corrected chi connectivity index (χ4v) is 3.10. The van der Waals surface area contributed by atoms with Crippen LogP contribution in [0.15, 0.2) is 48.9 Å². The van der Waals surface area contributed by atoms with Crippen molar-refractivity contribution in [2.45, 2.75) is 25.7 Å². The highest BCUT2D eigenvalue weighted by Gasteiger charge is 2.16. The van der Waals surface area contributed by atoms with Gasteiger partial charge in [-0.25, -0.2) is 9.97 Å². The molecule has 0 saturated heterocycles. The summed E-state index contributed by atoms with van der Waals surface area (Å²) in [5.41, 5.74) is 5.78. The second-order valence-electron chi connectivity index (χ2n) is 5.49. The van der Waals surface area contributed by atoms with Gasteiger partial charge in [-0.2, -0.15) is 0 Å². The van der Waals surface area contributed by atoms with Crippen LogP contribution in [0.2, 0.25) is 0 Å². The second-order valence-corrected chi connectivity index (χ2v) is 5.49. The lowest BCUT2D eigenvalue weighted by molar-refractivity contribution is 0.740. The van der Waals surface area contributed by atoms with Gasteiger partial charge in [-0.3, -0.25) is 0 Å². The van der Waals surface area contributed by atoms with Crippen LogP contribution >= 0.6 is 0 Å². The zero-order chi connectivity index (χ0) is 14.1. The third-order valence-corrected chi connectivity index (χ3v) is 4.15. The summed E-state index contributed by atoms with van der Waals surface area (Å²) >= 11 is 0. The Balaban J connectivity index is 1.96. The van der Waals surface area contributed by atoms with Crippen LogP contribution in [0.5, 0.6) is 0 Å². The molecule has 3 aromatic rings. The molecule has 21 heavy (non-hydrogen) atoms. The van der Waals surface area contributed by atoms with Crippen LogP contribution < -0.4 is 0 Å². The van der Waals surface area contributed by atoms with Crippen molar-refractivity contribution < 1.29 is 0 Å². The molecule has 3 nitrogen and oxygen atoms in total. The van der Waals surface area contributed by atoms with Crippen molar-refractivity contribution in [2.75, 3.05) is 0 Å². The van der Waals surface area contributed by atoms with Crippen LogP contribution in [0.4, 0.5) is 0 Å². The Kier molecular flexibility index (Phi) is 3.03. The fraction of sp³-hybridized carbons (Fsp3) is 0.222. The molecule has 0 atom stereocenters. The number of hydrogen-bond acceptors (Lipinski definition) is 2. The van der Waals surface area contributed by atoms with E-state index in [1.807, 2.05) is 12.3 Å². The first-order valence-corrected chi connectivity index (χ1v) is 7.50.